The maximum Gasteiger partial charge on any atom is 0.191 e. The Balaban J connectivity index is 1.58. The van der Waals surface area contributed by atoms with E-state index in [1.54, 1.807) is 6.07 Å². The topological polar surface area (TPSA) is 39.7 Å². The Bertz CT molecular complexity index is 620. The van der Waals surface area contributed by atoms with Crippen LogP contribution in [0.15, 0.2) is 23.2 Å². The van der Waals surface area contributed by atoms with Gasteiger partial charge in [0.1, 0.15) is 0 Å². The zero-order valence-electron chi connectivity index (χ0n) is 15.8. The number of aliphatic imine (C=N–C) groups is 1. The molecule has 0 amide bonds. The number of guanidine groups is 1. The minimum absolute atomic E-state index is 0.374. The van der Waals surface area contributed by atoms with Gasteiger partial charge >= 0.3 is 0 Å². The minimum Gasteiger partial charge on any atom is -0.357 e. The molecule has 0 aliphatic carbocycles. The van der Waals surface area contributed by atoms with E-state index in [1.807, 2.05) is 6.92 Å². The van der Waals surface area contributed by atoms with Crippen molar-refractivity contribution in [3.63, 3.8) is 0 Å². The van der Waals surface area contributed by atoms with Gasteiger partial charge in [0.25, 0.3) is 0 Å². The van der Waals surface area contributed by atoms with Gasteiger partial charge in [0.15, 0.2) is 17.6 Å². The first-order valence-electron chi connectivity index (χ1n) is 9.78. The first-order chi connectivity index (χ1) is 12.6. The number of halogens is 2. The van der Waals surface area contributed by atoms with Gasteiger partial charge in [0.05, 0.1) is 0 Å². The largest absolute Gasteiger partial charge is 0.357 e. The minimum atomic E-state index is -0.797. The Kier molecular flexibility index (Phi) is 6.46. The molecule has 2 unspecified atom stereocenters. The molecule has 4 nitrogen and oxygen atoms in total. The lowest BCUT2D eigenvalue weighted by atomic mass is 9.82. The molecule has 0 spiro atoms. The highest BCUT2D eigenvalue weighted by Gasteiger charge is 2.36. The number of benzene rings is 1. The van der Waals surface area contributed by atoms with Crippen LogP contribution in [0.2, 0.25) is 0 Å². The first kappa shape index (κ1) is 19.1. The van der Waals surface area contributed by atoms with Crippen LogP contribution in [0.3, 0.4) is 0 Å². The van der Waals surface area contributed by atoms with E-state index >= 15 is 0 Å². The fourth-order valence-electron chi connectivity index (χ4n) is 4.28. The zero-order valence-corrected chi connectivity index (χ0v) is 15.8. The zero-order chi connectivity index (χ0) is 18.5. The molecule has 2 saturated heterocycles. The third-order valence-corrected chi connectivity index (χ3v) is 5.71. The van der Waals surface area contributed by atoms with Crippen molar-refractivity contribution in [3.8, 4) is 0 Å². The summed E-state index contributed by atoms with van der Waals surface area (Å²) in [5, 5.41) is 6.84. The lowest BCUT2D eigenvalue weighted by Gasteiger charge is -2.47. The summed E-state index contributed by atoms with van der Waals surface area (Å²) in [7, 11) is 2.25. The van der Waals surface area contributed by atoms with Crippen LogP contribution in [0.25, 0.3) is 0 Å². The van der Waals surface area contributed by atoms with Crippen molar-refractivity contribution >= 4 is 5.96 Å². The van der Waals surface area contributed by atoms with E-state index in [0.29, 0.717) is 36.7 Å². The van der Waals surface area contributed by atoms with Crippen LogP contribution in [0.4, 0.5) is 8.78 Å². The molecule has 6 heteroatoms. The van der Waals surface area contributed by atoms with Gasteiger partial charge in [0.2, 0.25) is 0 Å². The van der Waals surface area contributed by atoms with E-state index in [0.717, 1.165) is 31.4 Å². The molecule has 144 valence electrons. The molecule has 3 rings (SSSR count). The van der Waals surface area contributed by atoms with Crippen LogP contribution in [0.1, 0.15) is 44.6 Å². The lowest BCUT2D eigenvalue weighted by Crippen LogP contribution is -2.56. The summed E-state index contributed by atoms with van der Waals surface area (Å²) >= 11 is 0. The van der Waals surface area contributed by atoms with Crippen molar-refractivity contribution < 1.29 is 8.78 Å². The van der Waals surface area contributed by atoms with Crippen LogP contribution >= 0.6 is 0 Å². The number of piperidine rings is 2. The molecule has 0 saturated carbocycles. The summed E-state index contributed by atoms with van der Waals surface area (Å²) in [5.74, 6) is -0.782. The highest BCUT2D eigenvalue weighted by molar-refractivity contribution is 5.80. The number of rotatable bonds is 5. The monoisotopic (exact) mass is 364 g/mol. The Labute approximate surface area is 155 Å². The molecular formula is C20H30F2N4. The number of hydrogen-bond donors (Lipinski definition) is 2. The molecule has 2 aliphatic rings. The Hall–Kier alpha value is -1.69. The molecule has 0 aromatic heterocycles. The Morgan fingerprint density at radius 3 is 2.65 bits per heavy atom. The predicted octanol–water partition coefficient (Wildman–Crippen LogP) is 3.08. The summed E-state index contributed by atoms with van der Waals surface area (Å²) in [6, 6.07) is 6.04. The Morgan fingerprint density at radius 2 is 1.96 bits per heavy atom. The number of nitrogens with zero attached hydrogens (tertiary/aromatic N) is 2. The highest BCUT2D eigenvalue weighted by atomic mass is 19.2. The molecule has 2 fully saturated rings. The average molecular weight is 364 g/mol. The van der Waals surface area contributed by atoms with Crippen molar-refractivity contribution in [2.75, 3.05) is 20.1 Å². The number of hydrogen-bond acceptors (Lipinski definition) is 2. The molecule has 2 heterocycles. The van der Waals surface area contributed by atoms with Gasteiger partial charge in [0, 0.05) is 31.2 Å². The smallest absolute Gasteiger partial charge is 0.191 e. The molecule has 26 heavy (non-hydrogen) atoms. The van der Waals surface area contributed by atoms with Crippen molar-refractivity contribution in [2.45, 2.75) is 63.6 Å². The number of nitrogens with one attached hydrogen (secondary N) is 2. The molecule has 2 aliphatic heterocycles. The standard InChI is InChI=1S/C20H30F2N4/c1-3-23-20(24-11-10-14-6-4-9-18(21)19(14)22)25-15-12-16-7-5-8-17(13-15)26(16)2/h4,6,9,15-17H,3,5,7-8,10-13H2,1-2H3,(H2,23,24,25). The maximum absolute atomic E-state index is 13.8. The lowest BCUT2D eigenvalue weighted by molar-refractivity contribution is 0.0526. The normalized spacial score (nSPS) is 26.6. The fourth-order valence-corrected chi connectivity index (χ4v) is 4.28. The van der Waals surface area contributed by atoms with E-state index in [4.69, 9.17) is 0 Å². The van der Waals surface area contributed by atoms with Gasteiger partial charge in [-0.1, -0.05) is 18.6 Å². The van der Waals surface area contributed by atoms with Crippen LogP contribution in [-0.4, -0.2) is 49.1 Å². The van der Waals surface area contributed by atoms with Gasteiger partial charge in [-0.25, -0.2) is 8.78 Å². The van der Waals surface area contributed by atoms with Crippen LogP contribution in [-0.2, 0) is 6.42 Å². The molecule has 2 N–H and O–H groups in total. The van der Waals surface area contributed by atoms with Crippen molar-refractivity contribution in [2.24, 2.45) is 4.99 Å². The molecule has 1 aromatic rings. The van der Waals surface area contributed by atoms with E-state index < -0.39 is 11.6 Å². The van der Waals surface area contributed by atoms with Crippen LogP contribution < -0.4 is 10.6 Å². The Morgan fingerprint density at radius 1 is 1.23 bits per heavy atom. The van der Waals surface area contributed by atoms with E-state index in [2.05, 4.69) is 27.6 Å². The van der Waals surface area contributed by atoms with Crippen molar-refractivity contribution in [1.29, 1.82) is 0 Å². The summed E-state index contributed by atoms with van der Waals surface area (Å²) < 4.78 is 27.1. The second-order valence-electron chi connectivity index (χ2n) is 7.44. The van der Waals surface area contributed by atoms with E-state index in [1.165, 1.54) is 25.3 Å². The third kappa shape index (κ3) is 4.53. The SMILES string of the molecule is CCNC(=NCCc1cccc(F)c1F)NC1CC2CCCC(C1)N2C. The van der Waals surface area contributed by atoms with Crippen LogP contribution in [0, 0.1) is 11.6 Å². The van der Waals surface area contributed by atoms with Gasteiger partial charge in [-0.15, -0.1) is 0 Å². The average Bonchev–Trinajstić information content (AvgIpc) is 2.59. The first-order valence-corrected chi connectivity index (χ1v) is 9.78. The summed E-state index contributed by atoms with van der Waals surface area (Å²) in [4.78, 5) is 7.12. The quantitative estimate of drug-likeness (QED) is 0.623. The molecule has 1 aromatic carbocycles. The molecule has 2 bridgehead atoms. The van der Waals surface area contributed by atoms with Gasteiger partial charge in [-0.3, -0.25) is 4.99 Å². The summed E-state index contributed by atoms with van der Waals surface area (Å²) in [5.41, 5.74) is 0.374. The fraction of sp³-hybridized carbons (Fsp3) is 0.650. The van der Waals surface area contributed by atoms with Gasteiger partial charge in [-0.05, 0) is 57.7 Å². The number of fused-ring (bicyclic) bond motifs is 2. The predicted molar refractivity (Wildman–Crippen MR) is 101 cm³/mol. The summed E-state index contributed by atoms with van der Waals surface area (Å²) in [6.07, 6.45) is 6.54. The van der Waals surface area contributed by atoms with Crippen molar-refractivity contribution in [3.05, 3.63) is 35.4 Å². The maximum atomic E-state index is 13.8. The van der Waals surface area contributed by atoms with Gasteiger partial charge < -0.3 is 15.5 Å². The summed E-state index contributed by atoms with van der Waals surface area (Å²) in [6.45, 7) is 3.24. The second-order valence-corrected chi connectivity index (χ2v) is 7.44. The van der Waals surface area contributed by atoms with E-state index in [9.17, 15) is 8.78 Å². The molecular weight excluding hydrogens is 334 g/mol. The van der Waals surface area contributed by atoms with E-state index in [-0.39, 0.29) is 0 Å². The second kappa shape index (κ2) is 8.80. The van der Waals surface area contributed by atoms with Crippen molar-refractivity contribution in [1.82, 2.24) is 15.5 Å². The van der Waals surface area contributed by atoms with Crippen LogP contribution in [0.5, 0.6) is 0 Å². The molecule has 0 radical (unpaired) electrons. The highest BCUT2D eigenvalue weighted by Crippen LogP contribution is 2.32. The van der Waals surface area contributed by atoms with Gasteiger partial charge in [-0.2, -0.15) is 0 Å². The molecule has 2 atom stereocenters. The third-order valence-electron chi connectivity index (χ3n) is 5.71.